The van der Waals surface area contributed by atoms with Crippen molar-refractivity contribution < 1.29 is 4.86 Å². The van der Waals surface area contributed by atoms with Crippen LogP contribution in [0.4, 0.5) is 11.4 Å². The Morgan fingerprint density at radius 3 is 2.35 bits per heavy atom. The number of halogens is 2. The average Bonchev–Trinajstić information content (AvgIpc) is 2.36. The van der Waals surface area contributed by atoms with Gasteiger partial charge < -0.3 is 5.21 Å². The third-order valence-corrected chi connectivity index (χ3v) is 2.92. The molecule has 0 atom stereocenters. The number of para-hydroxylation sites is 1. The summed E-state index contributed by atoms with van der Waals surface area (Å²) in [6, 6.07) is 13.6. The van der Waals surface area contributed by atoms with Crippen LogP contribution in [0.25, 0.3) is 0 Å². The summed E-state index contributed by atoms with van der Waals surface area (Å²) < 4.78 is 0. The number of azo groups is 1. The molecular formula is C12H8Cl2N2O. The standard InChI is InChI=1S/C12H8Cl2N2O/c13-10-7-4-8-11(12(10)14)15-16(17)9-5-2-1-3-6-9/h1-8H. The molecule has 0 bridgehead atoms. The van der Waals surface area contributed by atoms with E-state index in [1.807, 2.05) is 6.07 Å². The molecule has 0 N–H and O–H groups in total. The van der Waals surface area contributed by atoms with E-state index in [-0.39, 0.29) is 5.02 Å². The lowest BCUT2D eigenvalue weighted by molar-refractivity contribution is -0.435. The van der Waals surface area contributed by atoms with E-state index in [1.54, 1.807) is 42.5 Å². The second-order valence-corrected chi connectivity index (χ2v) is 4.07. The number of benzene rings is 2. The zero-order valence-corrected chi connectivity index (χ0v) is 10.2. The molecule has 17 heavy (non-hydrogen) atoms. The zero-order valence-electron chi connectivity index (χ0n) is 8.68. The number of hydrogen-bond donors (Lipinski definition) is 0. The zero-order chi connectivity index (χ0) is 12.3. The molecule has 2 aromatic rings. The molecule has 0 saturated heterocycles. The Labute approximate surface area is 109 Å². The molecule has 0 heterocycles. The van der Waals surface area contributed by atoms with Crippen LogP contribution < -0.4 is 0 Å². The second kappa shape index (κ2) is 5.17. The Hall–Kier alpha value is -1.58. The molecule has 0 aliphatic rings. The van der Waals surface area contributed by atoms with Crippen LogP contribution in [0.2, 0.25) is 10.0 Å². The molecule has 0 unspecified atom stereocenters. The second-order valence-electron chi connectivity index (χ2n) is 3.28. The maximum absolute atomic E-state index is 11.7. The van der Waals surface area contributed by atoms with E-state index in [9.17, 15) is 5.21 Å². The van der Waals surface area contributed by atoms with E-state index >= 15 is 0 Å². The van der Waals surface area contributed by atoms with Gasteiger partial charge in [-0.25, -0.2) is 0 Å². The largest absolute Gasteiger partial charge is 0.594 e. The van der Waals surface area contributed by atoms with Crippen molar-refractivity contribution >= 4 is 34.6 Å². The summed E-state index contributed by atoms with van der Waals surface area (Å²) in [5.74, 6) is 0. The summed E-state index contributed by atoms with van der Waals surface area (Å²) in [6.07, 6.45) is 0. The SMILES string of the molecule is [O-][N+](=Nc1cccc(Cl)c1Cl)c1ccccc1. The first-order valence-corrected chi connectivity index (χ1v) is 5.62. The number of hydrogen-bond acceptors (Lipinski definition) is 2. The van der Waals surface area contributed by atoms with Crippen molar-refractivity contribution in [2.75, 3.05) is 0 Å². The summed E-state index contributed by atoms with van der Waals surface area (Å²) in [7, 11) is 0. The van der Waals surface area contributed by atoms with Gasteiger partial charge in [0.25, 0.3) is 0 Å². The lowest BCUT2D eigenvalue weighted by Gasteiger charge is -2.01. The maximum Gasteiger partial charge on any atom is 0.244 e. The fraction of sp³-hybridized carbons (Fsp3) is 0. The van der Waals surface area contributed by atoms with E-state index in [2.05, 4.69) is 5.11 Å². The van der Waals surface area contributed by atoms with Crippen LogP contribution in [-0.2, 0) is 0 Å². The van der Waals surface area contributed by atoms with Gasteiger partial charge in [0.1, 0.15) is 0 Å². The predicted octanol–water partition coefficient (Wildman–Crippen LogP) is 4.92. The molecule has 86 valence electrons. The Morgan fingerprint density at radius 2 is 1.65 bits per heavy atom. The highest BCUT2D eigenvalue weighted by molar-refractivity contribution is 6.43. The number of nitrogens with zero attached hydrogens (tertiary/aromatic N) is 2. The normalized spacial score (nSPS) is 11.5. The minimum absolute atomic E-state index is 0.269. The third-order valence-electron chi connectivity index (χ3n) is 2.11. The summed E-state index contributed by atoms with van der Waals surface area (Å²) in [5, 5.41) is 16.2. The van der Waals surface area contributed by atoms with Gasteiger partial charge in [-0.3, -0.25) is 0 Å². The highest BCUT2D eigenvalue weighted by atomic mass is 35.5. The molecule has 2 rings (SSSR count). The van der Waals surface area contributed by atoms with E-state index in [0.29, 0.717) is 21.3 Å². The minimum atomic E-state index is 0.269. The summed E-state index contributed by atoms with van der Waals surface area (Å²) in [5.41, 5.74) is 0.779. The van der Waals surface area contributed by atoms with Crippen LogP contribution in [0.1, 0.15) is 0 Å². The van der Waals surface area contributed by atoms with Gasteiger partial charge in [0, 0.05) is 17.2 Å². The van der Waals surface area contributed by atoms with Gasteiger partial charge in [0.15, 0.2) is 5.69 Å². The van der Waals surface area contributed by atoms with Crippen molar-refractivity contribution in [3.63, 3.8) is 0 Å². The van der Waals surface area contributed by atoms with Crippen molar-refractivity contribution in [2.45, 2.75) is 0 Å². The van der Waals surface area contributed by atoms with E-state index in [0.717, 1.165) is 0 Å². The summed E-state index contributed by atoms with van der Waals surface area (Å²) >= 11 is 11.8. The third kappa shape index (κ3) is 2.75. The van der Waals surface area contributed by atoms with Crippen LogP contribution in [0, 0.1) is 5.21 Å². The van der Waals surface area contributed by atoms with E-state index in [1.165, 1.54) is 0 Å². The topological polar surface area (TPSA) is 38.4 Å². The van der Waals surface area contributed by atoms with E-state index in [4.69, 9.17) is 23.2 Å². The molecule has 0 aliphatic heterocycles. The highest BCUT2D eigenvalue weighted by Crippen LogP contribution is 2.32. The van der Waals surface area contributed by atoms with Gasteiger partial charge in [-0.2, -0.15) is 0 Å². The molecular weight excluding hydrogens is 259 g/mol. The van der Waals surface area contributed by atoms with Crippen molar-refractivity contribution in [3.05, 3.63) is 63.8 Å². The van der Waals surface area contributed by atoms with Crippen LogP contribution >= 0.6 is 23.2 Å². The number of rotatable bonds is 2. The van der Waals surface area contributed by atoms with Gasteiger partial charge in [0.05, 0.1) is 10.0 Å². The molecule has 2 aromatic carbocycles. The van der Waals surface area contributed by atoms with Gasteiger partial charge in [-0.1, -0.05) is 52.3 Å². The van der Waals surface area contributed by atoms with Gasteiger partial charge in [-0.15, -0.1) is 0 Å². The quantitative estimate of drug-likeness (QED) is 0.432. The predicted molar refractivity (Wildman–Crippen MR) is 68.3 cm³/mol. The Balaban J connectivity index is 2.40. The van der Waals surface area contributed by atoms with Crippen LogP contribution in [0.15, 0.2) is 53.6 Å². The summed E-state index contributed by atoms with van der Waals surface area (Å²) in [6.45, 7) is 0. The molecule has 3 nitrogen and oxygen atoms in total. The molecule has 0 aromatic heterocycles. The van der Waals surface area contributed by atoms with Crippen molar-refractivity contribution in [1.82, 2.24) is 0 Å². The fourth-order valence-electron chi connectivity index (χ4n) is 1.28. The van der Waals surface area contributed by atoms with Crippen molar-refractivity contribution in [1.29, 1.82) is 0 Å². The molecule has 0 fully saturated rings. The molecule has 0 radical (unpaired) electrons. The van der Waals surface area contributed by atoms with Crippen LogP contribution in [0.5, 0.6) is 0 Å². The van der Waals surface area contributed by atoms with Crippen molar-refractivity contribution in [2.24, 2.45) is 5.11 Å². The summed E-state index contributed by atoms with van der Waals surface area (Å²) in [4.78, 5) is 0.511. The Kier molecular flexibility index (Phi) is 3.61. The molecule has 0 spiro atoms. The minimum Gasteiger partial charge on any atom is -0.594 e. The van der Waals surface area contributed by atoms with Gasteiger partial charge in [0.2, 0.25) is 5.69 Å². The fourth-order valence-corrected chi connectivity index (χ4v) is 1.61. The van der Waals surface area contributed by atoms with Gasteiger partial charge >= 0.3 is 0 Å². The first-order valence-electron chi connectivity index (χ1n) is 4.86. The van der Waals surface area contributed by atoms with E-state index < -0.39 is 0 Å². The first-order chi connectivity index (χ1) is 8.18. The Bertz CT molecular complexity index is 556. The first kappa shape index (κ1) is 11.9. The lowest BCUT2D eigenvalue weighted by atomic mass is 10.3. The molecule has 0 amide bonds. The average molecular weight is 267 g/mol. The Morgan fingerprint density at radius 1 is 0.941 bits per heavy atom. The van der Waals surface area contributed by atoms with Crippen LogP contribution in [-0.4, -0.2) is 4.86 Å². The highest BCUT2D eigenvalue weighted by Gasteiger charge is 2.08. The van der Waals surface area contributed by atoms with Gasteiger partial charge in [-0.05, 0) is 12.1 Å². The smallest absolute Gasteiger partial charge is 0.244 e. The molecule has 5 heteroatoms. The van der Waals surface area contributed by atoms with Crippen molar-refractivity contribution in [3.8, 4) is 0 Å². The lowest BCUT2D eigenvalue weighted by Crippen LogP contribution is -1.89. The van der Waals surface area contributed by atoms with Crippen LogP contribution in [0.3, 0.4) is 0 Å². The monoisotopic (exact) mass is 266 g/mol. The molecule has 0 saturated carbocycles. The maximum atomic E-state index is 11.7. The molecule has 0 aliphatic carbocycles.